The number of rotatable bonds is 6. The maximum absolute atomic E-state index is 11.9. The summed E-state index contributed by atoms with van der Waals surface area (Å²) in [5.74, 6) is 2.75. The zero-order valence-electron chi connectivity index (χ0n) is 17.2. The fourth-order valence-corrected chi connectivity index (χ4v) is 3.82. The molecule has 0 bridgehead atoms. The fraction of sp³-hybridized carbons (Fsp3) is 0.286. The van der Waals surface area contributed by atoms with Crippen LogP contribution in [0.5, 0.6) is 11.5 Å². The van der Waals surface area contributed by atoms with Crippen LogP contribution in [0.4, 0.5) is 23.1 Å². The Balaban J connectivity index is 1.32. The molecule has 1 aromatic carbocycles. The van der Waals surface area contributed by atoms with Crippen LogP contribution in [0, 0.1) is 10.1 Å². The van der Waals surface area contributed by atoms with Gasteiger partial charge in [0.05, 0.1) is 4.92 Å². The lowest BCUT2D eigenvalue weighted by Crippen LogP contribution is -2.47. The Kier molecular flexibility index (Phi) is 5.28. The second-order valence-corrected chi connectivity index (χ2v) is 7.35. The third-order valence-electron chi connectivity index (χ3n) is 5.43. The van der Waals surface area contributed by atoms with E-state index in [-0.39, 0.29) is 18.3 Å². The predicted octanol–water partition coefficient (Wildman–Crippen LogP) is 2.45. The molecule has 0 unspecified atom stereocenters. The van der Waals surface area contributed by atoms with Crippen molar-refractivity contribution < 1.29 is 14.4 Å². The highest BCUT2D eigenvalue weighted by atomic mass is 16.7. The number of fused-ring (bicyclic) bond motifs is 1. The summed E-state index contributed by atoms with van der Waals surface area (Å²) in [6, 6.07) is 11.3. The number of nitrogens with zero attached hydrogens (tertiary/aromatic N) is 6. The number of hydrogen-bond donors (Lipinski definition) is 1. The summed E-state index contributed by atoms with van der Waals surface area (Å²) >= 11 is 0. The quantitative estimate of drug-likeness (QED) is 0.457. The third kappa shape index (κ3) is 3.92. The van der Waals surface area contributed by atoms with Crippen LogP contribution in [0.25, 0.3) is 0 Å². The highest BCUT2D eigenvalue weighted by Crippen LogP contribution is 2.35. The van der Waals surface area contributed by atoms with Gasteiger partial charge in [-0.05, 0) is 29.8 Å². The van der Waals surface area contributed by atoms with Gasteiger partial charge < -0.3 is 24.6 Å². The highest BCUT2D eigenvalue weighted by molar-refractivity contribution is 5.70. The van der Waals surface area contributed by atoms with E-state index in [1.54, 1.807) is 6.20 Å². The third-order valence-corrected chi connectivity index (χ3v) is 5.43. The molecule has 11 nitrogen and oxygen atoms in total. The summed E-state index contributed by atoms with van der Waals surface area (Å²) in [4.78, 5) is 28.4. The van der Waals surface area contributed by atoms with Crippen LogP contribution >= 0.6 is 0 Å². The van der Waals surface area contributed by atoms with Gasteiger partial charge in [0.1, 0.15) is 12.1 Å². The average molecular weight is 435 g/mol. The van der Waals surface area contributed by atoms with E-state index in [0.29, 0.717) is 50.0 Å². The molecule has 164 valence electrons. The topological polar surface area (TPSA) is 119 Å². The number of anilines is 3. The first-order chi connectivity index (χ1) is 15.7. The van der Waals surface area contributed by atoms with Crippen molar-refractivity contribution in [1.29, 1.82) is 0 Å². The first-order valence-corrected chi connectivity index (χ1v) is 10.2. The maximum Gasteiger partial charge on any atom is 0.353 e. The molecule has 0 radical (unpaired) electrons. The average Bonchev–Trinajstić information content (AvgIpc) is 3.31. The summed E-state index contributed by atoms with van der Waals surface area (Å²) in [6.07, 6.45) is 3.12. The summed E-state index contributed by atoms with van der Waals surface area (Å²) < 4.78 is 10.7. The normalized spacial score (nSPS) is 15.0. The number of benzene rings is 1. The van der Waals surface area contributed by atoms with Gasteiger partial charge >= 0.3 is 5.69 Å². The minimum absolute atomic E-state index is 0.125. The van der Waals surface area contributed by atoms with Gasteiger partial charge in [-0.1, -0.05) is 12.1 Å². The number of hydrogen-bond acceptors (Lipinski definition) is 10. The van der Waals surface area contributed by atoms with Gasteiger partial charge in [0, 0.05) is 38.9 Å². The van der Waals surface area contributed by atoms with Gasteiger partial charge in [0.25, 0.3) is 0 Å². The van der Waals surface area contributed by atoms with Gasteiger partial charge in [-0.3, -0.25) is 10.1 Å². The van der Waals surface area contributed by atoms with E-state index in [0.717, 1.165) is 11.4 Å². The Morgan fingerprint density at radius 2 is 1.81 bits per heavy atom. The molecule has 0 aliphatic carbocycles. The largest absolute Gasteiger partial charge is 0.454 e. The standard InChI is InChI=1S/C21H21N7O4/c29-28(30)19-20(23-12-15-4-5-16-17(11-15)32-14-31-16)24-13-25-21(19)27-9-7-26(8-10-27)18-3-1-2-6-22-18/h1-6,11,13H,7-10,12,14H2,(H,23,24,25). The molecule has 32 heavy (non-hydrogen) atoms. The van der Waals surface area contributed by atoms with Crippen LogP contribution in [0.3, 0.4) is 0 Å². The summed E-state index contributed by atoms with van der Waals surface area (Å²) in [5.41, 5.74) is 0.771. The van der Waals surface area contributed by atoms with Crippen LogP contribution in [0.2, 0.25) is 0 Å². The lowest BCUT2D eigenvalue weighted by atomic mass is 10.2. The smallest absolute Gasteiger partial charge is 0.353 e. The Labute approximate surface area is 183 Å². The van der Waals surface area contributed by atoms with Crippen LogP contribution in [-0.4, -0.2) is 52.8 Å². The van der Waals surface area contributed by atoms with Crippen LogP contribution in [0.15, 0.2) is 48.9 Å². The first kappa shape index (κ1) is 19.8. The molecule has 1 N–H and O–H groups in total. The zero-order valence-corrected chi connectivity index (χ0v) is 17.2. The Morgan fingerprint density at radius 1 is 1.00 bits per heavy atom. The first-order valence-electron chi connectivity index (χ1n) is 10.2. The molecule has 11 heteroatoms. The Hall–Kier alpha value is -4.15. The number of aromatic nitrogens is 3. The van der Waals surface area contributed by atoms with Crippen molar-refractivity contribution in [1.82, 2.24) is 15.0 Å². The molecular formula is C21H21N7O4. The van der Waals surface area contributed by atoms with Crippen molar-refractivity contribution in [3.8, 4) is 11.5 Å². The molecule has 2 aromatic heterocycles. The summed E-state index contributed by atoms with van der Waals surface area (Å²) in [5, 5.41) is 15.0. The van der Waals surface area contributed by atoms with E-state index < -0.39 is 4.92 Å². The van der Waals surface area contributed by atoms with Crippen molar-refractivity contribution in [2.45, 2.75) is 6.54 Å². The van der Waals surface area contributed by atoms with E-state index in [1.165, 1.54) is 6.33 Å². The van der Waals surface area contributed by atoms with E-state index in [1.807, 2.05) is 41.3 Å². The van der Waals surface area contributed by atoms with Gasteiger partial charge in [-0.25, -0.2) is 15.0 Å². The molecule has 0 spiro atoms. The zero-order chi connectivity index (χ0) is 21.9. The Morgan fingerprint density at radius 3 is 2.59 bits per heavy atom. The minimum Gasteiger partial charge on any atom is -0.454 e. The van der Waals surface area contributed by atoms with E-state index in [4.69, 9.17) is 9.47 Å². The molecule has 1 saturated heterocycles. The minimum atomic E-state index is -0.428. The molecule has 5 rings (SSSR count). The fourth-order valence-electron chi connectivity index (χ4n) is 3.82. The van der Waals surface area contributed by atoms with Gasteiger partial charge in [-0.15, -0.1) is 0 Å². The number of nitro groups is 1. The highest BCUT2D eigenvalue weighted by Gasteiger charge is 2.29. The lowest BCUT2D eigenvalue weighted by molar-refractivity contribution is -0.383. The van der Waals surface area contributed by atoms with Crippen molar-refractivity contribution in [3.05, 3.63) is 64.6 Å². The molecule has 3 aromatic rings. The lowest BCUT2D eigenvalue weighted by Gasteiger charge is -2.35. The number of nitrogens with one attached hydrogen (secondary N) is 1. The Bertz CT molecular complexity index is 1120. The molecular weight excluding hydrogens is 414 g/mol. The molecule has 0 amide bonds. The van der Waals surface area contributed by atoms with Gasteiger partial charge in [0.2, 0.25) is 18.4 Å². The van der Waals surface area contributed by atoms with Crippen LogP contribution < -0.4 is 24.6 Å². The van der Waals surface area contributed by atoms with E-state index in [9.17, 15) is 10.1 Å². The van der Waals surface area contributed by atoms with E-state index >= 15 is 0 Å². The van der Waals surface area contributed by atoms with Gasteiger partial charge in [0.15, 0.2) is 11.5 Å². The van der Waals surface area contributed by atoms with Crippen LogP contribution in [-0.2, 0) is 6.54 Å². The second kappa shape index (κ2) is 8.53. The molecule has 2 aliphatic rings. The molecule has 0 saturated carbocycles. The summed E-state index contributed by atoms with van der Waals surface area (Å²) in [6.45, 7) is 3.12. The monoisotopic (exact) mass is 435 g/mol. The van der Waals surface area contributed by atoms with E-state index in [2.05, 4.69) is 25.2 Å². The number of ether oxygens (including phenoxy) is 2. The molecule has 4 heterocycles. The molecule has 2 aliphatic heterocycles. The van der Waals surface area contributed by atoms with Crippen LogP contribution in [0.1, 0.15) is 5.56 Å². The predicted molar refractivity (Wildman–Crippen MR) is 117 cm³/mol. The maximum atomic E-state index is 11.9. The van der Waals surface area contributed by atoms with Crippen molar-refractivity contribution in [2.75, 3.05) is 48.1 Å². The molecule has 0 atom stereocenters. The number of pyridine rings is 1. The molecule has 1 fully saturated rings. The second-order valence-electron chi connectivity index (χ2n) is 7.35. The van der Waals surface area contributed by atoms with Crippen molar-refractivity contribution in [3.63, 3.8) is 0 Å². The number of piperazine rings is 1. The van der Waals surface area contributed by atoms with Crippen molar-refractivity contribution in [2.24, 2.45) is 0 Å². The van der Waals surface area contributed by atoms with Gasteiger partial charge in [-0.2, -0.15) is 0 Å². The summed E-state index contributed by atoms with van der Waals surface area (Å²) in [7, 11) is 0. The van der Waals surface area contributed by atoms with Crippen molar-refractivity contribution >= 4 is 23.1 Å². The SMILES string of the molecule is O=[N+]([O-])c1c(NCc2ccc3c(c2)OCO3)ncnc1N1CCN(c2ccccn2)CC1.